The van der Waals surface area contributed by atoms with E-state index in [1.54, 1.807) is 0 Å². The molecule has 84 valence electrons. The number of aliphatic hydroxyl groups excluding tert-OH is 1. The van der Waals surface area contributed by atoms with Crippen molar-refractivity contribution in [1.82, 2.24) is 10.2 Å². The van der Waals surface area contributed by atoms with E-state index in [4.69, 9.17) is 9.84 Å². The number of amides is 1. The third-order valence-electron chi connectivity index (χ3n) is 1.67. The molecule has 2 N–H and O–H groups in total. The van der Waals surface area contributed by atoms with Crippen molar-refractivity contribution in [1.29, 1.82) is 0 Å². The Morgan fingerprint density at radius 2 is 2.29 bits per heavy atom. The molecule has 0 bridgehead atoms. The fourth-order valence-electron chi connectivity index (χ4n) is 0.940. The lowest BCUT2D eigenvalue weighted by atomic mass is 10.5. The van der Waals surface area contributed by atoms with Gasteiger partial charge in [0.15, 0.2) is 0 Å². The molecule has 0 saturated heterocycles. The maximum Gasteiger partial charge on any atom is 0.234 e. The second-order valence-electron chi connectivity index (χ2n) is 3.01. The fraction of sp³-hybridized carbons (Fsp3) is 0.889. The number of carbonyl (C=O) groups excluding carboxylic acids is 1. The fourth-order valence-corrected chi connectivity index (χ4v) is 0.940. The van der Waals surface area contributed by atoms with Crippen molar-refractivity contribution in [2.75, 3.05) is 46.5 Å². The summed E-state index contributed by atoms with van der Waals surface area (Å²) in [7, 11) is 1.86. The van der Waals surface area contributed by atoms with Gasteiger partial charge in [-0.1, -0.05) is 0 Å². The molecule has 0 spiro atoms. The predicted octanol–water partition coefficient (Wildman–Crippen LogP) is -0.937. The van der Waals surface area contributed by atoms with Crippen LogP contribution in [0.5, 0.6) is 0 Å². The number of hydrogen-bond acceptors (Lipinski definition) is 4. The summed E-state index contributed by atoms with van der Waals surface area (Å²) >= 11 is 0. The van der Waals surface area contributed by atoms with E-state index in [0.29, 0.717) is 26.3 Å². The molecular formula is C9H20N2O3. The van der Waals surface area contributed by atoms with Crippen molar-refractivity contribution in [3.63, 3.8) is 0 Å². The minimum Gasteiger partial charge on any atom is -0.395 e. The molecule has 0 aromatic carbocycles. The quantitative estimate of drug-likeness (QED) is 0.501. The van der Waals surface area contributed by atoms with E-state index in [1.807, 2.05) is 18.9 Å². The Balaban J connectivity index is 3.40. The number of carbonyl (C=O) groups is 1. The Labute approximate surface area is 85.0 Å². The SMILES string of the molecule is CCOCCN(C)CC(=O)NCCO. The zero-order valence-electron chi connectivity index (χ0n) is 8.95. The summed E-state index contributed by atoms with van der Waals surface area (Å²) in [4.78, 5) is 13.0. The number of nitrogens with one attached hydrogen (secondary N) is 1. The summed E-state index contributed by atoms with van der Waals surface area (Å²) in [5.41, 5.74) is 0. The number of likely N-dealkylation sites (N-methyl/N-ethyl adjacent to an activating group) is 1. The highest BCUT2D eigenvalue weighted by Crippen LogP contribution is 1.83. The molecule has 14 heavy (non-hydrogen) atoms. The van der Waals surface area contributed by atoms with Crippen molar-refractivity contribution in [2.45, 2.75) is 6.92 Å². The molecule has 0 aromatic rings. The van der Waals surface area contributed by atoms with Gasteiger partial charge in [-0.25, -0.2) is 0 Å². The summed E-state index contributed by atoms with van der Waals surface area (Å²) in [6.45, 7) is 4.65. The number of aliphatic hydroxyl groups is 1. The molecule has 0 heterocycles. The van der Waals surface area contributed by atoms with Crippen LogP contribution in [-0.4, -0.2) is 62.4 Å². The molecule has 0 rings (SSSR count). The second-order valence-corrected chi connectivity index (χ2v) is 3.01. The topological polar surface area (TPSA) is 61.8 Å². The van der Waals surface area contributed by atoms with Gasteiger partial charge in [-0.15, -0.1) is 0 Å². The Hall–Kier alpha value is -0.650. The molecule has 0 unspecified atom stereocenters. The number of ether oxygens (including phenoxy) is 1. The van der Waals surface area contributed by atoms with E-state index in [-0.39, 0.29) is 12.5 Å². The van der Waals surface area contributed by atoms with Crippen LogP contribution in [0.2, 0.25) is 0 Å². The van der Waals surface area contributed by atoms with E-state index >= 15 is 0 Å². The van der Waals surface area contributed by atoms with Gasteiger partial charge >= 0.3 is 0 Å². The summed E-state index contributed by atoms with van der Waals surface area (Å²) < 4.78 is 5.15. The van der Waals surface area contributed by atoms with E-state index in [0.717, 1.165) is 6.54 Å². The van der Waals surface area contributed by atoms with Crippen LogP contribution in [0.25, 0.3) is 0 Å². The zero-order valence-corrected chi connectivity index (χ0v) is 8.95. The molecule has 5 nitrogen and oxygen atoms in total. The summed E-state index contributed by atoms with van der Waals surface area (Å²) in [5.74, 6) is -0.0713. The lowest BCUT2D eigenvalue weighted by Crippen LogP contribution is -2.37. The van der Waals surface area contributed by atoms with Gasteiger partial charge in [-0.05, 0) is 14.0 Å². The van der Waals surface area contributed by atoms with Gasteiger partial charge in [-0.3, -0.25) is 9.69 Å². The minimum absolute atomic E-state index is 0.0194. The first kappa shape index (κ1) is 13.4. The van der Waals surface area contributed by atoms with Gasteiger partial charge in [-0.2, -0.15) is 0 Å². The minimum atomic E-state index is -0.0713. The molecule has 5 heteroatoms. The molecule has 1 amide bonds. The molecule has 0 atom stereocenters. The first-order chi connectivity index (χ1) is 6.70. The maximum atomic E-state index is 11.1. The van der Waals surface area contributed by atoms with Crippen molar-refractivity contribution in [2.24, 2.45) is 0 Å². The van der Waals surface area contributed by atoms with Crippen molar-refractivity contribution < 1.29 is 14.6 Å². The molecule has 0 aliphatic carbocycles. The third kappa shape index (κ3) is 7.97. The molecule has 0 aromatic heterocycles. The van der Waals surface area contributed by atoms with E-state index < -0.39 is 0 Å². The average Bonchev–Trinajstić information content (AvgIpc) is 2.15. The van der Waals surface area contributed by atoms with Gasteiger partial charge in [0, 0.05) is 19.7 Å². The first-order valence-electron chi connectivity index (χ1n) is 4.84. The van der Waals surface area contributed by atoms with Crippen LogP contribution in [-0.2, 0) is 9.53 Å². The van der Waals surface area contributed by atoms with Crippen LogP contribution >= 0.6 is 0 Å². The predicted molar refractivity (Wildman–Crippen MR) is 54.1 cm³/mol. The number of rotatable bonds is 8. The first-order valence-corrected chi connectivity index (χ1v) is 4.84. The highest BCUT2D eigenvalue weighted by molar-refractivity contribution is 5.77. The third-order valence-corrected chi connectivity index (χ3v) is 1.67. The van der Waals surface area contributed by atoms with Crippen molar-refractivity contribution in [3.05, 3.63) is 0 Å². The Morgan fingerprint density at radius 3 is 2.86 bits per heavy atom. The zero-order chi connectivity index (χ0) is 10.8. The molecule has 0 saturated carbocycles. The Kier molecular flexibility index (Phi) is 8.51. The maximum absolute atomic E-state index is 11.1. The van der Waals surface area contributed by atoms with E-state index in [2.05, 4.69) is 5.32 Å². The Bertz CT molecular complexity index is 153. The van der Waals surface area contributed by atoms with Crippen LogP contribution in [0.1, 0.15) is 6.92 Å². The summed E-state index contributed by atoms with van der Waals surface area (Å²) in [5, 5.41) is 11.1. The smallest absolute Gasteiger partial charge is 0.234 e. The van der Waals surface area contributed by atoms with Crippen LogP contribution in [0.15, 0.2) is 0 Å². The van der Waals surface area contributed by atoms with Crippen LogP contribution in [0.4, 0.5) is 0 Å². The normalized spacial score (nSPS) is 10.6. The molecule has 0 aliphatic rings. The summed E-state index contributed by atoms with van der Waals surface area (Å²) in [6, 6.07) is 0. The van der Waals surface area contributed by atoms with Crippen molar-refractivity contribution >= 4 is 5.91 Å². The van der Waals surface area contributed by atoms with Gasteiger partial charge in [0.25, 0.3) is 0 Å². The van der Waals surface area contributed by atoms with E-state index in [9.17, 15) is 4.79 Å². The van der Waals surface area contributed by atoms with Gasteiger partial charge < -0.3 is 15.2 Å². The highest BCUT2D eigenvalue weighted by Gasteiger charge is 2.04. The highest BCUT2D eigenvalue weighted by atomic mass is 16.5. The van der Waals surface area contributed by atoms with Crippen LogP contribution < -0.4 is 5.32 Å². The molecule has 0 radical (unpaired) electrons. The van der Waals surface area contributed by atoms with Gasteiger partial charge in [0.05, 0.1) is 19.8 Å². The van der Waals surface area contributed by atoms with Crippen LogP contribution in [0.3, 0.4) is 0 Å². The lowest BCUT2D eigenvalue weighted by molar-refractivity contribution is -0.122. The van der Waals surface area contributed by atoms with Gasteiger partial charge in [0.1, 0.15) is 0 Å². The molecule has 0 aliphatic heterocycles. The Morgan fingerprint density at radius 1 is 1.57 bits per heavy atom. The number of nitrogens with zero attached hydrogens (tertiary/aromatic N) is 1. The monoisotopic (exact) mass is 204 g/mol. The van der Waals surface area contributed by atoms with Crippen molar-refractivity contribution in [3.8, 4) is 0 Å². The number of hydrogen-bond donors (Lipinski definition) is 2. The second kappa shape index (κ2) is 8.93. The molecule has 0 fully saturated rings. The van der Waals surface area contributed by atoms with E-state index in [1.165, 1.54) is 0 Å². The largest absolute Gasteiger partial charge is 0.395 e. The summed E-state index contributed by atoms with van der Waals surface area (Å²) in [6.07, 6.45) is 0. The van der Waals surface area contributed by atoms with Gasteiger partial charge in [0.2, 0.25) is 5.91 Å². The van der Waals surface area contributed by atoms with Crippen LogP contribution in [0, 0.1) is 0 Å². The molecular weight excluding hydrogens is 184 g/mol. The average molecular weight is 204 g/mol. The lowest BCUT2D eigenvalue weighted by Gasteiger charge is -2.15. The standard InChI is InChI=1S/C9H20N2O3/c1-3-14-7-5-11(2)8-9(13)10-4-6-12/h12H,3-8H2,1-2H3,(H,10,13).